The molecule has 1 N–H and O–H groups in total. The van der Waals surface area contributed by atoms with Crippen molar-refractivity contribution in [1.82, 2.24) is 4.98 Å². The van der Waals surface area contributed by atoms with E-state index in [2.05, 4.69) is 11.9 Å². The molecule has 0 amide bonds. The van der Waals surface area contributed by atoms with Gasteiger partial charge in [0, 0.05) is 11.9 Å². The van der Waals surface area contributed by atoms with Gasteiger partial charge in [-0.25, -0.2) is 4.98 Å². The maximum Gasteiger partial charge on any atom is 0.103 e. The normalized spacial score (nSPS) is 10.5. The first-order valence-electron chi connectivity index (χ1n) is 3.99. The molecule has 12 heavy (non-hydrogen) atoms. The average Bonchev–Trinajstić information content (AvgIpc) is 2.53. The second-order valence-corrected chi connectivity index (χ2v) is 4.74. The van der Waals surface area contributed by atoms with Crippen LogP contribution in [-0.4, -0.2) is 15.8 Å². The number of hydrogen-bond donors (Lipinski definition) is 1. The van der Waals surface area contributed by atoms with Crippen molar-refractivity contribution in [3.05, 3.63) is 16.1 Å². The lowest BCUT2D eigenvalue weighted by Gasteiger charge is -1.93. The van der Waals surface area contributed by atoms with Crippen LogP contribution in [0.5, 0.6) is 0 Å². The minimum Gasteiger partial charge on any atom is -0.391 e. The molecule has 0 fully saturated rings. The highest BCUT2D eigenvalue weighted by Gasteiger charge is 1.99. The zero-order valence-electron chi connectivity index (χ0n) is 7.12. The first kappa shape index (κ1) is 10.0. The van der Waals surface area contributed by atoms with E-state index in [0.717, 1.165) is 15.6 Å². The standard InChI is InChI=1S/C8H13NOS2/c1-2-3-11-6-8-9-4-7(5-10)12-8/h4,10H,2-3,5-6H2,1H3. The minimum atomic E-state index is 0.121. The van der Waals surface area contributed by atoms with Gasteiger partial charge in [0.2, 0.25) is 0 Å². The van der Waals surface area contributed by atoms with E-state index in [1.54, 1.807) is 17.5 Å². The lowest BCUT2D eigenvalue weighted by molar-refractivity contribution is 0.285. The van der Waals surface area contributed by atoms with Gasteiger partial charge in [-0.1, -0.05) is 6.92 Å². The Morgan fingerprint density at radius 2 is 2.50 bits per heavy atom. The van der Waals surface area contributed by atoms with Gasteiger partial charge in [-0.3, -0.25) is 0 Å². The first-order valence-corrected chi connectivity index (χ1v) is 5.96. The first-order chi connectivity index (χ1) is 5.86. The molecule has 0 unspecified atom stereocenters. The van der Waals surface area contributed by atoms with Crippen LogP contribution in [0.25, 0.3) is 0 Å². The Balaban J connectivity index is 2.31. The molecular weight excluding hydrogens is 190 g/mol. The van der Waals surface area contributed by atoms with Crippen molar-refractivity contribution in [3.8, 4) is 0 Å². The molecule has 0 aliphatic carbocycles. The molecule has 1 aromatic heterocycles. The largest absolute Gasteiger partial charge is 0.391 e. The lowest BCUT2D eigenvalue weighted by Crippen LogP contribution is -1.78. The zero-order chi connectivity index (χ0) is 8.81. The van der Waals surface area contributed by atoms with E-state index in [1.165, 1.54) is 12.2 Å². The molecule has 0 saturated carbocycles. The van der Waals surface area contributed by atoms with Gasteiger partial charge in [-0.05, 0) is 12.2 Å². The summed E-state index contributed by atoms with van der Waals surface area (Å²) in [7, 11) is 0. The van der Waals surface area contributed by atoms with Crippen LogP contribution >= 0.6 is 23.1 Å². The van der Waals surface area contributed by atoms with Gasteiger partial charge >= 0.3 is 0 Å². The summed E-state index contributed by atoms with van der Waals surface area (Å²) in [5.74, 6) is 2.17. The van der Waals surface area contributed by atoms with Crippen molar-refractivity contribution in [2.75, 3.05) is 5.75 Å². The molecule has 0 saturated heterocycles. The SMILES string of the molecule is CCCSCc1ncc(CO)s1. The van der Waals surface area contributed by atoms with Crippen LogP contribution in [0.4, 0.5) is 0 Å². The minimum absolute atomic E-state index is 0.121. The monoisotopic (exact) mass is 203 g/mol. The van der Waals surface area contributed by atoms with E-state index in [9.17, 15) is 0 Å². The number of rotatable bonds is 5. The van der Waals surface area contributed by atoms with E-state index in [-0.39, 0.29) is 6.61 Å². The topological polar surface area (TPSA) is 33.1 Å². The molecular formula is C8H13NOS2. The predicted octanol–water partition coefficient (Wildman–Crippen LogP) is 2.28. The molecule has 0 atom stereocenters. The van der Waals surface area contributed by atoms with E-state index >= 15 is 0 Å². The molecule has 0 aliphatic heterocycles. The molecule has 0 bridgehead atoms. The molecule has 0 radical (unpaired) electrons. The third-order valence-electron chi connectivity index (χ3n) is 1.33. The summed E-state index contributed by atoms with van der Waals surface area (Å²) in [4.78, 5) is 5.16. The third-order valence-corrected chi connectivity index (χ3v) is 3.67. The summed E-state index contributed by atoms with van der Waals surface area (Å²) in [6, 6.07) is 0. The van der Waals surface area contributed by atoms with Crippen molar-refractivity contribution in [1.29, 1.82) is 0 Å². The Kier molecular flexibility index (Phi) is 4.65. The van der Waals surface area contributed by atoms with E-state index in [0.29, 0.717) is 0 Å². The highest BCUT2D eigenvalue weighted by Crippen LogP contribution is 2.18. The Bertz CT molecular complexity index is 225. The van der Waals surface area contributed by atoms with Crippen molar-refractivity contribution in [2.45, 2.75) is 25.7 Å². The summed E-state index contributed by atoms with van der Waals surface area (Å²) in [5.41, 5.74) is 0. The molecule has 1 rings (SSSR count). The Labute approximate surface area is 81.0 Å². The van der Waals surface area contributed by atoms with E-state index in [1.807, 2.05) is 11.8 Å². The summed E-state index contributed by atoms with van der Waals surface area (Å²) in [5, 5.41) is 9.91. The van der Waals surface area contributed by atoms with E-state index in [4.69, 9.17) is 5.11 Å². The fourth-order valence-corrected chi connectivity index (χ4v) is 2.54. The van der Waals surface area contributed by atoms with Crippen molar-refractivity contribution < 1.29 is 5.11 Å². The molecule has 0 spiro atoms. The third kappa shape index (κ3) is 3.13. The predicted molar refractivity (Wildman–Crippen MR) is 54.5 cm³/mol. The number of thioether (sulfide) groups is 1. The van der Waals surface area contributed by atoms with Crippen molar-refractivity contribution in [3.63, 3.8) is 0 Å². The maximum absolute atomic E-state index is 8.79. The highest BCUT2D eigenvalue weighted by molar-refractivity contribution is 7.98. The number of thiazole rings is 1. The smallest absolute Gasteiger partial charge is 0.103 e. The van der Waals surface area contributed by atoms with Crippen LogP contribution in [0.3, 0.4) is 0 Å². The second-order valence-electron chi connectivity index (χ2n) is 2.43. The van der Waals surface area contributed by atoms with Gasteiger partial charge in [0.1, 0.15) is 5.01 Å². The molecule has 1 aromatic rings. The quantitative estimate of drug-likeness (QED) is 0.745. The fourth-order valence-electron chi connectivity index (χ4n) is 0.792. The van der Waals surface area contributed by atoms with Gasteiger partial charge in [0.25, 0.3) is 0 Å². The summed E-state index contributed by atoms with van der Waals surface area (Å²) >= 11 is 3.50. The fraction of sp³-hybridized carbons (Fsp3) is 0.625. The highest BCUT2D eigenvalue weighted by atomic mass is 32.2. The Morgan fingerprint density at radius 1 is 1.67 bits per heavy atom. The van der Waals surface area contributed by atoms with Gasteiger partial charge in [0.15, 0.2) is 0 Å². The molecule has 0 aliphatic rings. The van der Waals surface area contributed by atoms with Crippen LogP contribution < -0.4 is 0 Å². The Hall–Kier alpha value is -0.0600. The number of nitrogens with zero attached hydrogens (tertiary/aromatic N) is 1. The van der Waals surface area contributed by atoms with Crippen LogP contribution in [0.2, 0.25) is 0 Å². The lowest BCUT2D eigenvalue weighted by atomic mass is 10.6. The van der Waals surface area contributed by atoms with E-state index < -0.39 is 0 Å². The van der Waals surface area contributed by atoms with Gasteiger partial charge in [-0.15, -0.1) is 11.3 Å². The van der Waals surface area contributed by atoms with Crippen LogP contribution in [0, 0.1) is 0 Å². The second kappa shape index (κ2) is 5.56. The summed E-state index contributed by atoms with van der Waals surface area (Å²) in [6.45, 7) is 2.30. The molecule has 0 aromatic carbocycles. The summed E-state index contributed by atoms with van der Waals surface area (Å²) < 4.78 is 0. The van der Waals surface area contributed by atoms with Gasteiger partial charge in [-0.2, -0.15) is 11.8 Å². The molecule has 2 nitrogen and oxygen atoms in total. The summed E-state index contributed by atoms with van der Waals surface area (Å²) in [6.07, 6.45) is 2.97. The van der Waals surface area contributed by atoms with Crippen molar-refractivity contribution >= 4 is 23.1 Å². The molecule has 1 heterocycles. The van der Waals surface area contributed by atoms with Crippen LogP contribution in [0.15, 0.2) is 6.20 Å². The Morgan fingerprint density at radius 3 is 3.08 bits per heavy atom. The molecule has 4 heteroatoms. The average molecular weight is 203 g/mol. The van der Waals surface area contributed by atoms with Gasteiger partial charge < -0.3 is 5.11 Å². The van der Waals surface area contributed by atoms with Crippen LogP contribution in [0.1, 0.15) is 23.2 Å². The number of hydrogen-bond acceptors (Lipinski definition) is 4. The molecule has 68 valence electrons. The maximum atomic E-state index is 8.79. The number of aliphatic hydroxyl groups excluding tert-OH is 1. The van der Waals surface area contributed by atoms with Gasteiger partial charge in [0.05, 0.1) is 11.5 Å². The van der Waals surface area contributed by atoms with Crippen molar-refractivity contribution in [2.24, 2.45) is 0 Å². The van der Waals surface area contributed by atoms with Crippen LogP contribution in [-0.2, 0) is 12.4 Å². The number of aromatic nitrogens is 1. The zero-order valence-corrected chi connectivity index (χ0v) is 8.75. The number of aliphatic hydroxyl groups is 1.